The number of likely N-dealkylation sites (N-methyl/N-ethyl adjacent to an activating group) is 1. The van der Waals surface area contributed by atoms with Crippen molar-refractivity contribution in [3.8, 4) is 0 Å². The fourth-order valence-corrected chi connectivity index (χ4v) is 4.16. The smallest absolute Gasteiger partial charge is 0.321 e. The van der Waals surface area contributed by atoms with E-state index in [0.717, 1.165) is 30.0 Å². The summed E-state index contributed by atoms with van der Waals surface area (Å²) in [5.41, 5.74) is 0. The second-order valence-corrected chi connectivity index (χ2v) is 9.38. The number of carbonyl (C=O) groups excluding carboxylic acids is 2. The molecule has 0 bridgehead atoms. The number of hydrogen-bond donors (Lipinski definition) is 1. The van der Waals surface area contributed by atoms with E-state index in [2.05, 4.69) is 12.2 Å². The van der Waals surface area contributed by atoms with Crippen LogP contribution in [0, 0.1) is 5.92 Å². The predicted octanol–water partition coefficient (Wildman–Crippen LogP) is 2.20. The van der Waals surface area contributed by atoms with E-state index in [1.54, 1.807) is 0 Å². The van der Waals surface area contributed by atoms with E-state index < -0.39 is 29.1 Å². The van der Waals surface area contributed by atoms with Crippen molar-refractivity contribution in [3.63, 3.8) is 0 Å². The first-order chi connectivity index (χ1) is 12.7. The number of ether oxygens (including phenoxy) is 1. The fourth-order valence-electron chi connectivity index (χ4n) is 2.92. The zero-order chi connectivity index (χ0) is 20.0. The summed E-state index contributed by atoms with van der Waals surface area (Å²) in [6.45, 7) is 1.29. The number of sulfonamides is 1. The highest BCUT2D eigenvalue weighted by Crippen LogP contribution is 2.23. The molecule has 27 heavy (non-hydrogen) atoms. The molecule has 1 aromatic rings. The first kappa shape index (κ1) is 21.7. The normalized spacial score (nSPS) is 20.3. The summed E-state index contributed by atoms with van der Waals surface area (Å²) < 4.78 is 30.6. The average Bonchev–Trinajstić information content (AvgIpc) is 2.62. The Morgan fingerprint density at radius 2 is 1.78 bits per heavy atom. The third-order valence-electron chi connectivity index (χ3n) is 4.62. The molecule has 0 aromatic heterocycles. The van der Waals surface area contributed by atoms with Crippen LogP contribution in [-0.4, -0.2) is 50.8 Å². The Bertz CT molecular complexity index is 758. The minimum Gasteiger partial charge on any atom is -0.455 e. The number of rotatable bonds is 7. The lowest BCUT2D eigenvalue weighted by Gasteiger charge is -2.26. The zero-order valence-electron chi connectivity index (χ0n) is 15.5. The van der Waals surface area contributed by atoms with Crippen LogP contribution in [0.15, 0.2) is 29.2 Å². The molecule has 1 saturated carbocycles. The molecule has 7 nitrogen and oxygen atoms in total. The summed E-state index contributed by atoms with van der Waals surface area (Å²) >= 11 is 5.75. The molecule has 1 amide bonds. The highest BCUT2D eigenvalue weighted by molar-refractivity contribution is 7.89. The largest absolute Gasteiger partial charge is 0.455 e. The summed E-state index contributed by atoms with van der Waals surface area (Å²) in [4.78, 5) is 23.8. The van der Waals surface area contributed by atoms with Crippen molar-refractivity contribution in [1.29, 1.82) is 0 Å². The van der Waals surface area contributed by atoms with E-state index in [4.69, 9.17) is 16.3 Å². The van der Waals surface area contributed by atoms with Gasteiger partial charge >= 0.3 is 5.97 Å². The van der Waals surface area contributed by atoms with Gasteiger partial charge in [-0.05, 0) is 55.9 Å². The molecule has 0 spiro atoms. The molecule has 0 aliphatic heterocycles. The summed E-state index contributed by atoms with van der Waals surface area (Å²) in [5, 5.41) is 3.26. The molecule has 0 unspecified atom stereocenters. The molecule has 1 aliphatic carbocycles. The summed E-state index contributed by atoms with van der Waals surface area (Å²) in [7, 11) is -2.57. The lowest BCUT2D eigenvalue weighted by molar-refractivity contribution is -0.148. The van der Waals surface area contributed by atoms with Crippen molar-refractivity contribution in [1.82, 2.24) is 9.62 Å². The molecule has 9 heteroatoms. The molecule has 1 fully saturated rings. The van der Waals surface area contributed by atoms with Crippen molar-refractivity contribution in [2.45, 2.75) is 43.5 Å². The van der Waals surface area contributed by atoms with Gasteiger partial charge in [-0.3, -0.25) is 9.59 Å². The van der Waals surface area contributed by atoms with Crippen LogP contribution < -0.4 is 5.32 Å². The van der Waals surface area contributed by atoms with Gasteiger partial charge in [-0.1, -0.05) is 18.5 Å². The van der Waals surface area contributed by atoms with Gasteiger partial charge < -0.3 is 10.1 Å². The molecule has 150 valence electrons. The monoisotopic (exact) mass is 416 g/mol. The summed E-state index contributed by atoms with van der Waals surface area (Å²) in [6, 6.07) is 5.74. The molecular formula is C18H25ClN2O5S. The predicted molar refractivity (Wildman–Crippen MR) is 102 cm³/mol. The van der Waals surface area contributed by atoms with E-state index in [-0.39, 0.29) is 16.8 Å². The molecule has 2 rings (SSSR count). The molecule has 1 aromatic carbocycles. The van der Waals surface area contributed by atoms with Gasteiger partial charge in [0.15, 0.2) is 6.61 Å². The minimum absolute atomic E-state index is 0.0199. The van der Waals surface area contributed by atoms with Gasteiger partial charge in [0.2, 0.25) is 10.0 Å². The molecule has 0 saturated heterocycles. The van der Waals surface area contributed by atoms with E-state index in [1.165, 1.54) is 31.3 Å². The van der Waals surface area contributed by atoms with Crippen molar-refractivity contribution in [3.05, 3.63) is 29.3 Å². The molecule has 0 heterocycles. The lowest BCUT2D eigenvalue weighted by Crippen LogP contribution is -2.40. The first-order valence-corrected chi connectivity index (χ1v) is 10.7. The lowest BCUT2D eigenvalue weighted by atomic mass is 9.87. The average molecular weight is 417 g/mol. The number of nitrogens with one attached hydrogen (secondary N) is 1. The number of benzene rings is 1. The number of nitrogens with zero attached hydrogens (tertiary/aromatic N) is 1. The Morgan fingerprint density at radius 3 is 2.37 bits per heavy atom. The Hall–Kier alpha value is -1.64. The van der Waals surface area contributed by atoms with Gasteiger partial charge in [-0.25, -0.2) is 8.42 Å². The van der Waals surface area contributed by atoms with Gasteiger partial charge in [-0.15, -0.1) is 0 Å². The van der Waals surface area contributed by atoms with E-state index in [1.807, 2.05) is 0 Å². The van der Waals surface area contributed by atoms with Crippen molar-refractivity contribution in [2.24, 2.45) is 5.92 Å². The maximum absolute atomic E-state index is 12.4. The van der Waals surface area contributed by atoms with Crippen LogP contribution in [-0.2, 0) is 24.3 Å². The first-order valence-electron chi connectivity index (χ1n) is 8.85. The summed E-state index contributed by atoms with van der Waals surface area (Å²) in [6.07, 6.45) is 3.97. The molecule has 1 aliphatic rings. The quantitative estimate of drug-likeness (QED) is 0.688. The van der Waals surface area contributed by atoms with Gasteiger partial charge in [0, 0.05) is 18.1 Å². The Labute approximate surface area is 165 Å². The maximum atomic E-state index is 12.4. The van der Waals surface area contributed by atoms with E-state index >= 15 is 0 Å². The number of esters is 1. The highest BCUT2D eigenvalue weighted by Gasteiger charge is 2.24. The van der Waals surface area contributed by atoms with Crippen LogP contribution in [0.4, 0.5) is 0 Å². The SMILES string of the molecule is CC1CCC(NC(=O)COC(=O)CN(C)S(=O)(=O)c2ccc(Cl)cc2)CC1. The van der Waals surface area contributed by atoms with Crippen LogP contribution in [0.1, 0.15) is 32.6 Å². The van der Waals surface area contributed by atoms with Crippen LogP contribution in [0.3, 0.4) is 0 Å². The number of hydrogen-bond acceptors (Lipinski definition) is 5. The van der Waals surface area contributed by atoms with Crippen LogP contribution in [0.5, 0.6) is 0 Å². The second-order valence-electron chi connectivity index (χ2n) is 6.90. The molecule has 1 N–H and O–H groups in total. The van der Waals surface area contributed by atoms with Crippen LogP contribution >= 0.6 is 11.6 Å². The van der Waals surface area contributed by atoms with Gasteiger partial charge in [-0.2, -0.15) is 4.31 Å². The third kappa shape index (κ3) is 6.48. The third-order valence-corrected chi connectivity index (χ3v) is 6.69. The number of amides is 1. The molecule has 0 radical (unpaired) electrons. The number of halogens is 1. The van der Waals surface area contributed by atoms with Crippen molar-refractivity contribution < 1.29 is 22.7 Å². The minimum atomic E-state index is -3.84. The van der Waals surface area contributed by atoms with Crippen molar-refractivity contribution >= 4 is 33.5 Å². The maximum Gasteiger partial charge on any atom is 0.321 e. The van der Waals surface area contributed by atoms with Gasteiger partial charge in [0.25, 0.3) is 5.91 Å². The highest BCUT2D eigenvalue weighted by atomic mass is 35.5. The van der Waals surface area contributed by atoms with E-state index in [9.17, 15) is 18.0 Å². The number of carbonyl (C=O) groups is 2. The van der Waals surface area contributed by atoms with Gasteiger partial charge in [0.1, 0.15) is 6.54 Å². The van der Waals surface area contributed by atoms with Crippen LogP contribution in [0.2, 0.25) is 5.02 Å². The van der Waals surface area contributed by atoms with Crippen LogP contribution in [0.25, 0.3) is 0 Å². The fraction of sp³-hybridized carbons (Fsp3) is 0.556. The zero-order valence-corrected chi connectivity index (χ0v) is 17.1. The summed E-state index contributed by atoms with van der Waals surface area (Å²) in [5.74, 6) is -0.484. The Balaban J connectivity index is 1.79. The Kier molecular flexibility index (Phi) is 7.64. The second kappa shape index (κ2) is 9.52. The Morgan fingerprint density at radius 1 is 1.19 bits per heavy atom. The topological polar surface area (TPSA) is 92.8 Å². The van der Waals surface area contributed by atoms with Gasteiger partial charge in [0.05, 0.1) is 4.90 Å². The van der Waals surface area contributed by atoms with E-state index in [0.29, 0.717) is 10.9 Å². The molecular weight excluding hydrogens is 392 g/mol. The van der Waals surface area contributed by atoms with Crippen molar-refractivity contribution in [2.75, 3.05) is 20.2 Å². The molecule has 0 atom stereocenters. The standard InChI is InChI=1S/C18H25ClN2O5S/c1-13-3-7-15(8-4-13)20-17(22)12-26-18(23)11-21(2)27(24,25)16-9-5-14(19)6-10-16/h5-6,9-10,13,15H,3-4,7-8,11-12H2,1-2H3,(H,20,22).